The average molecular weight is 825 g/mol. The Bertz CT molecular complexity index is 1960. The van der Waals surface area contributed by atoms with Crippen LogP contribution in [-0.4, -0.2) is 88.0 Å². The Kier molecular flexibility index (Phi) is 16.5. The normalized spacial score (nSPS) is 14.3. The first-order valence-corrected chi connectivity index (χ1v) is 18.5. The molecule has 16 nitrogen and oxygen atoms in total. The third kappa shape index (κ3) is 13.7. The molecule has 0 amide bonds. The second-order valence-corrected chi connectivity index (χ2v) is 12.3. The number of hydrogen-bond donors (Lipinski definition) is 0. The van der Waals surface area contributed by atoms with Crippen LogP contribution in [0.4, 0.5) is 0 Å². The van der Waals surface area contributed by atoms with Crippen molar-refractivity contribution in [1.29, 1.82) is 0 Å². The Morgan fingerprint density at radius 1 is 0.467 bits per heavy atom. The van der Waals surface area contributed by atoms with Gasteiger partial charge in [0.05, 0.1) is 61.9 Å². The van der Waals surface area contributed by atoms with E-state index in [9.17, 15) is 28.8 Å². The van der Waals surface area contributed by atoms with E-state index >= 15 is 0 Å². The van der Waals surface area contributed by atoms with Gasteiger partial charge in [-0.25, -0.2) is 28.8 Å². The van der Waals surface area contributed by atoms with Gasteiger partial charge in [0.15, 0.2) is 0 Å². The van der Waals surface area contributed by atoms with Crippen molar-refractivity contribution in [1.82, 2.24) is 0 Å². The van der Waals surface area contributed by atoms with Gasteiger partial charge in [-0.3, -0.25) is 0 Å². The summed E-state index contributed by atoms with van der Waals surface area (Å²) in [6, 6.07) is 23.7. The molecule has 1 aliphatic heterocycles. The molecule has 2 atom stereocenters. The molecule has 1 aliphatic rings. The van der Waals surface area contributed by atoms with E-state index in [0.717, 1.165) is 12.2 Å². The van der Waals surface area contributed by atoms with Gasteiger partial charge in [-0.2, -0.15) is 0 Å². The summed E-state index contributed by atoms with van der Waals surface area (Å²) in [6.07, 6.45) is 0.317. The first-order chi connectivity index (χ1) is 29.1. The summed E-state index contributed by atoms with van der Waals surface area (Å²) < 4.78 is 53.7. The van der Waals surface area contributed by atoms with Gasteiger partial charge in [-0.1, -0.05) is 13.2 Å². The highest BCUT2D eigenvalue weighted by molar-refractivity contribution is 5.93. The van der Waals surface area contributed by atoms with Gasteiger partial charge in [0, 0.05) is 25.0 Å². The molecule has 1 saturated heterocycles. The Balaban J connectivity index is 1.05. The third-order valence-electron chi connectivity index (χ3n) is 8.03. The van der Waals surface area contributed by atoms with Crippen LogP contribution in [0.15, 0.2) is 122 Å². The van der Waals surface area contributed by atoms with Crippen LogP contribution in [0, 0.1) is 0 Å². The van der Waals surface area contributed by atoms with Crippen LogP contribution in [0.2, 0.25) is 0 Å². The number of ether oxygens (including phenoxy) is 10. The standard InChI is InChI=1S/C44H40O16/c1-3-37(45)53-25-5-23-51-33-15-7-29(8-16-33)39(47)57-35-19-11-31(12-20-35)41(49)59-43-44(56-28-27-55-43)60-42(50)32-13-21-36(22-14-32)58-40(48)30-9-17-34(18-10-30)52-24-6-26-54-38(46)4-2/h3-4,7-22,43-44H,1-2,5-6,23-28H2/t43-,44-/m1/s1. The smallest absolute Gasteiger partial charge is 0.343 e. The number of hydrogen-bond acceptors (Lipinski definition) is 16. The lowest BCUT2D eigenvalue weighted by Gasteiger charge is -2.30. The number of esters is 6. The van der Waals surface area contributed by atoms with Crippen LogP contribution in [0.1, 0.15) is 54.3 Å². The second kappa shape index (κ2) is 22.6. The molecular weight excluding hydrogens is 784 g/mol. The Morgan fingerprint density at radius 2 is 0.783 bits per heavy atom. The first-order valence-electron chi connectivity index (χ1n) is 18.5. The minimum atomic E-state index is -1.39. The summed E-state index contributed by atoms with van der Waals surface area (Å²) in [5.74, 6) is -2.61. The van der Waals surface area contributed by atoms with Crippen LogP contribution in [0.5, 0.6) is 23.0 Å². The fourth-order valence-corrected chi connectivity index (χ4v) is 5.00. The second-order valence-electron chi connectivity index (χ2n) is 12.3. The predicted octanol–water partition coefficient (Wildman–Crippen LogP) is 5.83. The quantitative estimate of drug-likeness (QED) is 0.0339. The Labute approximate surface area is 344 Å². The molecule has 4 aromatic carbocycles. The lowest BCUT2D eigenvalue weighted by atomic mass is 10.2. The maximum Gasteiger partial charge on any atom is 0.343 e. The maximum atomic E-state index is 13.0. The fourth-order valence-electron chi connectivity index (χ4n) is 5.00. The molecule has 1 heterocycles. The van der Waals surface area contributed by atoms with Crippen molar-refractivity contribution < 1.29 is 76.1 Å². The largest absolute Gasteiger partial charge is 0.493 e. The van der Waals surface area contributed by atoms with Crippen molar-refractivity contribution >= 4 is 35.8 Å². The highest BCUT2D eigenvalue weighted by Crippen LogP contribution is 2.22. The Hall–Kier alpha value is -7.30. The minimum Gasteiger partial charge on any atom is -0.493 e. The zero-order chi connectivity index (χ0) is 42.7. The molecule has 0 aliphatic carbocycles. The van der Waals surface area contributed by atoms with E-state index in [1.807, 2.05) is 0 Å². The molecule has 0 radical (unpaired) electrons. The van der Waals surface area contributed by atoms with E-state index in [2.05, 4.69) is 13.2 Å². The van der Waals surface area contributed by atoms with Crippen LogP contribution < -0.4 is 18.9 Å². The molecule has 0 N–H and O–H groups in total. The summed E-state index contributed by atoms with van der Waals surface area (Å²) in [6.45, 7) is 7.74. The fraction of sp³-hybridized carbons (Fsp3) is 0.227. The zero-order valence-corrected chi connectivity index (χ0v) is 32.2. The summed E-state index contributed by atoms with van der Waals surface area (Å²) in [4.78, 5) is 73.5. The SMILES string of the molecule is C=CC(=O)OCCCOc1ccc(C(=O)Oc2ccc(C(=O)O[C@H]3OCCO[C@@H]3OC(=O)c3ccc(OC(=O)c4ccc(OCCCOC(=O)C=C)cc4)cc3)cc2)cc1. The molecule has 4 aromatic rings. The van der Waals surface area contributed by atoms with Crippen LogP contribution in [0.25, 0.3) is 0 Å². The van der Waals surface area contributed by atoms with Crippen LogP contribution in [-0.2, 0) is 38.0 Å². The van der Waals surface area contributed by atoms with Gasteiger partial charge in [0.25, 0.3) is 12.6 Å². The summed E-state index contributed by atoms with van der Waals surface area (Å²) in [5, 5.41) is 0. The molecule has 60 heavy (non-hydrogen) atoms. The molecule has 0 bridgehead atoms. The van der Waals surface area contributed by atoms with E-state index in [0.29, 0.717) is 37.6 Å². The zero-order valence-electron chi connectivity index (χ0n) is 32.2. The topological polar surface area (TPSA) is 195 Å². The molecule has 0 saturated carbocycles. The van der Waals surface area contributed by atoms with E-state index in [1.54, 1.807) is 24.3 Å². The maximum absolute atomic E-state index is 13.0. The number of carbonyl (C=O) groups excluding carboxylic acids is 6. The van der Waals surface area contributed by atoms with E-state index in [-0.39, 0.29) is 60.2 Å². The van der Waals surface area contributed by atoms with Crippen LogP contribution >= 0.6 is 0 Å². The lowest BCUT2D eigenvalue weighted by Crippen LogP contribution is -2.44. The minimum absolute atomic E-state index is 0.0616. The van der Waals surface area contributed by atoms with Gasteiger partial charge >= 0.3 is 35.8 Å². The van der Waals surface area contributed by atoms with Gasteiger partial charge in [0.1, 0.15) is 23.0 Å². The van der Waals surface area contributed by atoms with Gasteiger partial charge < -0.3 is 47.4 Å². The molecule has 1 fully saturated rings. The molecule has 312 valence electrons. The average Bonchev–Trinajstić information content (AvgIpc) is 3.27. The van der Waals surface area contributed by atoms with Gasteiger partial charge in [-0.15, -0.1) is 0 Å². The molecule has 0 unspecified atom stereocenters. The number of carbonyl (C=O) groups is 6. The van der Waals surface area contributed by atoms with E-state index in [4.69, 9.17) is 47.4 Å². The lowest BCUT2D eigenvalue weighted by molar-refractivity contribution is -0.288. The van der Waals surface area contributed by atoms with E-state index in [1.165, 1.54) is 72.8 Å². The van der Waals surface area contributed by atoms with E-state index < -0.39 is 48.4 Å². The monoisotopic (exact) mass is 824 g/mol. The van der Waals surface area contributed by atoms with Crippen molar-refractivity contribution in [3.05, 3.63) is 145 Å². The van der Waals surface area contributed by atoms with Crippen LogP contribution in [0.3, 0.4) is 0 Å². The van der Waals surface area contributed by atoms with Gasteiger partial charge in [0.2, 0.25) is 0 Å². The van der Waals surface area contributed by atoms with Crippen molar-refractivity contribution in [2.45, 2.75) is 25.4 Å². The molecular formula is C44H40O16. The van der Waals surface area contributed by atoms with Crippen molar-refractivity contribution in [3.63, 3.8) is 0 Å². The predicted molar refractivity (Wildman–Crippen MR) is 209 cm³/mol. The molecule has 0 spiro atoms. The molecule has 0 aromatic heterocycles. The Morgan fingerprint density at radius 3 is 1.12 bits per heavy atom. The third-order valence-corrected chi connectivity index (χ3v) is 8.03. The highest BCUT2D eigenvalue weighted by Gasteiger charge is 2.34. The van der Waals surface area contributed by atoms with Crippen molar-refractivity contribution in [2.75, 3.05) is 39.6 Å². The summed E-state index contributed by atoms with van der Waals surface area (Å²) >= 11 is 0. The van der Waals surface area contributed by atoms with Crippen molar-refractivity contribution in [2.24, 2.45) is 0 Å². The highest BCUT2D eigenvalue weighted by atomic mass is 16.8. The first kappa shape index (κ1) is 43.8. The summed E-state index contributed by atoms with van der Waals surface area (Å²) in [7, 11) is 0. The number of rotatable bonds is 20. The summed E-state index contributed by atoms with van der Waals surface area (Å²) in [5.41, 5.74) is 0.686. The van der Waals surface area contributed by atoms with Gasteiger partial charge in [-0.05, 0) is 97.1 Å². The molecule has 5 rings (SSSR count). The molecule has 16 heteroatoms. The number of benzene rings is 4. The van der Waals surface area contributed by atoms with Crippen molar-refractivity contribution in [3.8, 4) is 23.0 Å².